The molecule has 3 nitrogen and oxygen atoms in total. The van der Waals surface area contributed by atoms with E-state index >= 15 is 0 Å². The molecule has 3 atom stereocenters. The number of nitrogens with zero attached hydrogens (tertiary/aromatic N) is 1. The normalized spacial score (nSPS) is 33.8. The largest absolute Gasteiger partial charge is 0.389 e. The summed E-state index contributed by atoms with van der Waals surface area (Å²) >= 11 is 0. The summed E-state index contributed by atoms with van der Waals surface area (Å²) in [6.07, 6.45) is 5.33. The number of nitrogens with one attached hydrogen (secondary N) is 1. The Morgan fingerprint density at radius 1 is 1.33 bits per heavy atom. The fourth-order valence-corrected chi connectivity index (χ4v) is 3.31. The lowest BCUT2D eigenvalue weighted by Gasteiger charge is -2.40. The molecule has 18 heavy (non-hydrogen) atoms. The van der Waals surface area contributed by atoms with Crippen molar-refractivity contribution in [2.45, 2.75) is 58.1 Å². The molecule has 2 aliphatic heterocycles. The van der Waals surface area contributed by atoms with Gasteiger partial charge in [-0.05, 0) is 57.5 Å². The summed E-state index contributed by atoms with van der Waals surface area (Å²) in [5, 5.41) is 14.1. The van der Waals surface area contributed by atoms with E-state index in [1.807, 2.05) is 6.92 Å². The fourth-order valence-electron chi connectivity index (χ4n) is 3.31. The van der Waals surface area contributed by atoms with Gasteiger partial charge in [0.25, 0.3) is 0 Å². The summed E-state index contributed by atoms with van der Waals surface area (Å²) in [6, 6.07) is 0.733. The Morgan fingerprint density at radius 3 is 2.72 bits per heavy atom. The summed E-state index contributed by atoms with van der Waals surface area (Å²) in [4.78, 5) is 2.48. The predicted octanol–water partition coefficient (Wildman–Crippen LogP) is 1.86. The molecule has 0 aromatic rings. The first-order valence-corrected chi connectivity index (χ1v) is 7.67. The van der Waals surface area contributed by atoms with Crippen LogP contribution in [0.15, 0.2) is 0 Å². The fraction of sp³-hybridized carbons (Fsp3) is 1.00. The molecule has 0 aromatic carbocycles. The second kappa shape index (κ2) is 5.89. The average Bonchev–Trinajstić information content (AvgIpc) is 2.82. The molecule has 2 rings (SSSR count). The number of hydrogen-bond donors (Lipinski definition) is 2. The number of piperidine rings is 1. The Morgan fingerprint density at radius 2 is 2.11 bits per heavy atom. The highest BCUT2D eigenvalue weighted by Crippen LogP contribution is 2.27. The van der Waals surface area contributed by atoms with Gasteiger partial charge >= 0.3 is 0 Å². The van der Waals surface area contributed by atoms with E-state index in [1.165, 1.54) is 38.8 Å². The van der Waals surface area contributed by atoms with Gasteiger partial charge in [0.05, 0.1) is 5.60 Å². The molecule has 0 amide bonds. The van der Waals surface area contributed by atoms with Crippen LogP contribution in [0.25, 0.3) is 0 Å². The molecule has 2 saturated heterocycles. The highest BCUT2D eigenvalue weighted by atomic mass is 16.3. The second-order valence-electron chi connectivity index (χ2n) is 6.85. The number of hydrogen-bond acceptors (Lipinski definition) is 3. The molecule has 0 bridgehead atoms. The molecule has 0 aliphatic carbocycles. The van der Waals surface area contributed by atoms with E-state index in [-0.39, 0.29) is 0 Å². The van der Waals surface area contributed by atoms with Gasteiger partial charge in [0.2, 0.25) is 0 Å². The monoisotopic (exact) mass is 254 g/mol. The lowest BCUT2D eigenvalue weighted by molar-refractivity contribution is -0.0293. The molecule has 2 aliphatic rings. The minimum atomic E-state index is -0.551. The van der Waals surface area contributed by atoms with Crippen LogP contribution < -0.4 is 5.32 Å². The number of aliphatic hydroxyl groups is 1. The maximum Gasteiger partial charge on any atom is 0.0768 e. The average molecular weight is 254 g/mol. The van der Waals surface area contributed by atoms with Crippen LogP contribution in [0, 0.1) is 11.8 Å². The maximum absolute atomic E-state index is 10.4. The van der Waals surface area contributed by atoms with Crippen LogP contribution in [-0.4, -0.2) is 47.8 Å². The van der Waals surface area contributed by atoms with Crippen molar-refractivity contribution >= 4 is 0 Å². The first-order valence-electron chi connectivity index (χ1n) is 7.67. The Labute approximate surface area is 112 Å². The molecule has 3 unspecified atom stereocenters. The smallest absolute Gasteiger partial charge is 0.0768 e. The third kappa shape index (κ3) is 3.46. The van der Waals surface area contributed by atoms with Crippen LogP contribution in [0.3, 0.4) is 0 Å². The van der Waals surface area contributed by atoms with Crippen molar-refractivity contribution in [2.75, 3.05) is 26.2 Å². The van der Waals surface area contributed by atoms with Crippen LogP contribution in [0.5, 0.6) is 0 Å². The predicted molar refractivity (Wildman–Crippen MR) is 75.7 cm³/mol. The van der Waals surface area contributed by atoms with Crippen molar-refractivity contribution in [3.05, 3.63) is 0 Å². The topological polar surface area (TPSA) is 35.5 Å². The Bertz CT molecular complexity index is 259. The van der Waals surface area contributed by atoms with Gasteiger partial charge in [0.1, 0.15) is 0 Å². The summed E-state index contributed by atoms with van der Waals surface area (Å²) in [5.74, 6) is 1.12. The number of rotatable bonds is 4. The van der Waals surface area contributed by atoms with Crippen molar-refractivity contribution in [2.24, 2.45) is 11.8 Å². The molecule has 2 heterocycles. The lowest BCUT2D eigenvalue weighted by atomic mass is 9.87. The molecular formula is C15H30N2O. The minimum absolute atomic E-state index is 0.322. The Kier molecular flexibility index (Phi) is 4.68. The lowest BCUT2D eigenvalue weighted by Crippen LogP contribution is -2.50. The zero-order valence-corrected chi connectivity index (χ0v) is 12.3. The van der Waals surface area contributed by atoms with Crippen molar-refractivity contribution in [3.8, 4) is 0 Å². The van der Waals surface area contributed by atoms with Crippen molar-refractivity contribution in [1.29, 1.82) is 0 Å². The molecule has 0 saturated carbocycles. The maximum atomic E-state index is 10.4. The number of likely N-dealkylation sites (tertiary alicyclic amines) is 1. The van der Waals surface area contributed by atoms with Gasteiger partial charge in [-0.2, -0.15) is 0 Å². The van der Waals surface area contributed by atoms with Crippen LogP contribution in [0.1, 0.15) is 46.5 Å². The minimum Gasteiger partial charge on any atom is -0.389 e. The van der Waals surface area contributed by atoms with E-state index in [9.17, 15) is 5.11 Å². The van der Waals surface area contributed by atoms with E-state index in [1.54, 1.807) is 0 Å². The van der Waals surface area contributed by atoms with Gasteiger partial charge < -0.3 is 15.3 Å². The molecule has 2 fully saturated rings. The van der Waals surface area contributed by atoms with Crippen molar-refractivity contribution in [1.82, 2.24) is 10.2 Å². The highest BCUT2D eigenvalue weighted by molar-refractivity contribution is 4.89. The van der Waals surface area contributed by atoms with Gasteiger partial charge in [-0.15, -0.1) is 0 Å². The second-order valence-corrected chi connectivity index (χ2v) is 6.85. The van der Waals surface area contributed by atoms with Crippen LogP contribution in [0.2, 0.25) is 0 Å². The summed E-state index contributed by atoms with van der Waals surface area (Å²) < 4.78 is 0. The quantitative estimate of drug-likeness (QED) is 0.804. The van der Waals surface area contributed by atoms with E-state index in [0.717, 1.165) is 25.0 Å². The van der Waals surface area contributed by atoms with Gasteiger partial charge in [-0.25, -0.2) is 0 Å². The van der Waals surface area contributed by atoms with Gasteiger partial charge in [0, 0.05) is 19.1 Å². The zero-order valence-electron chi connectivity index (χ0n) is 12.3. The molecular weight excluding hydrogens is 224 g/mol. The van der Waals surface area contributed by atoms with Crippen LogP contribution in [0.4, 0.5) is 0 Å². The van der Waals surface area contributed by atoms with E-state index < -0.39 is 5.60 Å². The summed E-state index contributed by atoms with van der Waals surface area (Å²) in [5.41, 5.74) is -0.551. The first kappa shape index (κ1) is 14.3. The SMILES string of the molecule is CC(C)C(C)(O)CN1CCCC(C2CCCN2)C1. The standard InChI is InChI=1S/C15H30N2O/c1-12(2)15(3,18)11-17-9-5-6-13(10-17)14-7-4-8-16-14/h12-14,16,18H,4-11H2,1-3H3. The highest BCUT2D eigenvalue weighted by Gasteiger charge is 2.33. The van der Waals surface area contributed by atoms with E-state index in [0.29, 0.717) is 5.92 Å². The molecule has 3 heteroatoms. The summed E-state index contributed by atoms with van der Waals surface area (Å²) in [6.45, 7) is 10.6. The number of β-amino-alcohol motifs (C(OH)–C–C–N with tert-alkyl or cyclic N) is 1. The molecule has 106 valence electrons. The van der Waals surface area contributed by atoms with Crippen LogP contribution in [-0.2, 0) is 0 Å². The Balaban J connectivity index is 1.86. The van der Waals surface area contributed by atoms with Gasteiger partial charge in [-0.1, -0.05) is 13.8 Å². The summed E-state index contributed by atoms with van der Waals surface area (Å²) in [7, 11) is 0. The molecule has 2 N–H and O–H groups in total. The molecule has 0 radical (unpaired) electrons. The third-order valence-electron chi connectivity index (χ3n) is 5.00. The third-order valence-corrected chi connectivity index (χ3v) is 5.00. The van der Waals surface area contributed by atoms with Crippen molar-refractivity contribution in [3.63, 3.8) is 0 Å². The molecule has 0 spiro atoms. The molecule has 0 aromatic heterocycles. The van der Waals surface area contributed by atoms with Crippen LogP contribution >= 0.6 is 0 Å². The zero-order chi connectivity index (χ0) is 13.2. The first-order chi connectivity index (χ1) is 8.49. The Hall–Kier alpha value is -0.120. The van der Waals surface area contributed by atoms with Crippen molar-refractivity contribution < 1.29 is 5.11 Å². The van der Waals surface area contributed by atoms with E-state index in [4.69, 9.17) is 0 Å². The van der Waals surface area contributed by atoms with Gasteiger partial charge in [0.15, 0.2) is 0 Å². The van der Waals surface area contributed by atoms with E-state index in [2.05, 4.69) is 24.1 Å². The van der Waals surface area contributed by atoms with Gasteiger partial charge in [-0.3, -0.25) is 0 Å².